The van der Waals surface area contributed by atoms with Gasteiger partial charge in [-0.05, 0) is 71.6 Å². The van der Waals surface area contributed by atoms with Gasteiger partial charge in [0.1, 0.15) is 10.5 Å². The van der Waals surface area contributed by atoms with Crippen LogP contribution < -0.4 is 21.1 Å². The number of nitrogens with zero attached hydrogens (tertiary/aromatic N) is 6. The summed E-state index contributed by atoms with van der Waals surface area (Å²) in [5, 5.41) is 9.87. The molecule has 6 heterocycles. The zero-order chi connectivity index (χ0) is 35.8. The fraction of sp³-hybridized carbons (Fsp3) is 0.417. The quantitative estimate of drug-likeness (QED) is 0.356. The number of rotatable bonds is 6. The number of amides is 5. The smallest absolute Gasteiger partial charge is 0.282 e. The summed E-state index contributed by atoms with van der Waals surface area (Å²) < 4.78 is 1.75. The number of hydrogen-bond acceptors (Lipinski definition) is 10. The van der Waals surface area contributed by atoms with Crippen LogP contribution in [0.15, 0.2) is 57.9 Å². The maximum Gasteiger partial charge on any atom is 0.282 e. The van der Waals surface area contributed by atoms with Gasteiger partial charge in [0.25, 0.3) is 23.3 Å². The van der Waals surface area contributed by atoms with Crippen LogP contribution >= 0.6 is 15.9 Å². The van der Waals surface area contributed by atoms with Crippen molar-refractivity contribution in [1.82, 2.24) is 29.8 Å². The van der Waals surface area contributed by atoms with E-state index in [2.05, 4.69) is 48.5 Å². The molecule has 1 aromatic heterocycles. The lowest BCUT2D eigenvalue weighted by Crippen LogP contribution is -2.73. The first-order chi connectivity index (χ1) is 24.4. The van der Waals surface area contributed by atoms with Crippen molar-refractivity contribution in [1.29, 1.82) is 0 Å². The summed E-state index contributed by atoms with van der Waals surface area (Å²) in [6.07, 6.45) is 2.70. The van der Waals surface area contributed by atoms with Crippen LogP contribution in [0.5, 0.6) is 0 Å². The molecule has 15 heteroatoms. The molecule has 3 atom stereocenters. The zero-order valence-electron chi connectivity index (χ0n) is 28.2. The zero-order valence-corrected chi connectivity index (χ0v) is 29.8. The van der Waals surface area contributed by atoms with E-state index in [1.807, 2.05) is 35.2 Å². The van der Waals surface area contributed by atoms with Gasteiger partial charge in [0.2, 0.25) is 11.8 Å². The van der Waals surface area contributed by atoms with Crippen LogP contribution in [0.3, 0.4) is 0 Å². The van der Waals surface area contributed by atoms with Gasteiger partial charge in [-0.25, -0.2) is 4.68 Å². The third kappa shape index (κ3) is 5.72. The molecule has 14 nitrogen and oxygen atoms in total. The van der Waals surface area contributed by atoms with Crippen LogP contribution in [-0.2, 0) is 16.6 Å². The number of piperidine rings is 2. The molecule has 5 aliphatic heterocycles. The van der Waals surface area contributed by atoms with Gasteiger partial charge in [0.15, 0.2) is 0 Å². The summed E-state index contributed by atoms with van der Waals surface area (Å²) in [4.78, 5) is 83.9. The number of anilines is 2. The fourth-order valence-electron chi connectivity index (χ4n) is 8.38. The van der Waals surface area contributed by atoms with Gasteiger partial charge in [-0.15, -0.1) is 0 Å². The second-order valence-corrected chi connectivity index (χ2v) is 15.4. The highest BCUT2D eigenvalue weighted by molar-refractivity contribution is 9.10. The lowest BCUT2D eigenvalue weighted by atomic mass is 9.72. The minimum absolute atomic E-state index is 0.0183. The molecule has 51 heavy (non-hydrogen) atoms. The summed E-state index contributed by atoms with van der Waals surface area (Å²) in [5.41, 5.74) is 3.38. The van der Waals surface area contributed by atoms with Crippen molar-refractivity contribution in [3.8, 4) is 0 Å². The second-order valence-electron chi connectivity index (χ2n) is 14.6. The molecular weight excluding hydrogens is 720 g/mol. The Balaban J connectivity index is 0.879. The number of imide groups is 2. The summed E-state index contributed by atoms with van der Waals surface area (Å²) in [7, 11) is 3.69. The van der Waals surface area contributed by atoms with Crippen molar-refractivity contribution in [2.75, 3.05) is 56.5 Å². The Morgan fingerprint density at radius 2 is 1.71 bits per heavy atom. The van der Waals surface area contributed by atoms with Gasteiger partial charge < -0.3 is 20.0 Å². The average molecular weight is 758 g/mol. The Hall–Kier alpha value is -4.89. The summed E-state index contributed by atoms with van der Waals surface area (Å²) in [6, 6.07) is 12.1. The molecule has 4 saturated heterocycles. The monoisotopic (exact) mass is 756 g/mol. The molecule has 2 N–H and O–H groups in total. The van der Waals surface area contributed by atoms with Gasteiger partial charge in [-0.3, -0.25) is 39.0 Å². The highest BCUT2D eigenvalue weighted by Gasteiger charge is 2.55. The van der Waals surface area contributed by atoms with Gasteiger partial charge in [-0.2, -0.15) is 5.10 Å². The number of halogens is 1. The molecular formula is C36H37BrN8O6. The van der Waals surface area contributed by atoms with Crippen molar-refractivity contribution in [2.45, 2.75) is 37.3 Å². The Morgan fingerprint density at radius 1 is 0.961 bits per heavy atom. The predicted octanol–water partition coefficient (Wildman–Crippen LogP) is 1.81. The first-order valence-corrected chi connectivity index (χ1v) is 17.9. The lowest BCUT2D eigenvalue weighted by molar-refractivity contribution is -0.136. The fourth-order valence-corrected chi connectivity index (χ4v) is 8.85. The SMILES string of the molecule is CN1C[C@H](Nc2cnn(C)c(=O)c2Br)C[C@H](c2ccc(C(=O)N3CC4(C3)CN(c3cccc5c3C(=O)N(C3CCC(=O)NC3=O)C5=O)C4)cc2)C1. The number of carbonyl (C=O) groups is 5. The molecule has 5 amide bonds. The van der Waals surface area contributed by atoms with Gasteiger partial charge in [-0.1, -0.05) is 18.2 Å². The largest absolute Gasteiger partial charge is 0.379 e. The van der Waals surface area contributed by atoms with E-state index >= 15 is 0 Å². The number of aromatic nitrogens is 2. The normalized spacial score (nSPS) is 24.3. The second kappa shape index (κ2) is 12.4. The van der Waals surface area contributed by atoms with Crippen molar-refractivity contribution in [2.24, 2.45) is 12.5 Å². The highest BCUT2D eigenvalue weighted by Crippen LogP contribution is 2.45. The van der Waals surface area contributed by atoms with Gasteiger partial charge in [0.05, 0.1) is 28.7 Å². The summed E-state index contributed by atoms with van der Waals surface area (Å²) >= 11 is 3.41. The predicted molar refractivity (Wildman–Crippen MR) is 190 cm³/mol. The molecule has 2 aromatic carbocycles. The third-order valence-corrected chi connectivity index (χ3v) is 11.6. The van der Waals surface area contributed by atoms with Crippen LogP contribution in [0.4, 0.5) is 11.4 Å². The van der Waals surface area contributed by atoms with Crippen LogP contribution in [0, 0.1) is 5.41 Å². The van der Waals surface area contributed by atoms with Crippen molar-refractivity contribution in [3.63, 3.8) is 0 Å². The Bertz CT molecular complexity index is 2050. The number of aryl methyl sites for hydroxylation is 1. The number of hydrogen-bond donors (Lipinski definition) is 2. The molecule has 0 saturated carbocycles. The maximum absolute atomic E-state index is 13.5. The molecule has 0 radical (unpaired) electrons. The highest BCUT2D eigenvalue weighted by atomic mass is 79.9. The Kier molecular flexibility index (Phi) is 8.09. The molecule has 1 spiro atoms. The lowest BCUT2D eigenvalue weighted by Gasteiger charge is -2.61. The Labute approximate surface area is 301 Å². The summed E-state index contributed by atoms with van der Waals surface area (Å²) in [6.45, 7) is 4.18. The number of nitrogens with one attached hydrogen (secondary N) is 2. The standard InChI is InChI=1S/C36H37BrN8O6/c1-41-14-22(12-23(15-41)39-25-13-38-42(2)35(51)30(25)37)20-6-8-21(9-7-20)32(48)44-18-36(19-44)16-43(17-36)26-5-3-4-24-29(26)34(50)45(33(24)49)27-10-11-28(46)40-31(27)47/h3-9,13,22-23,27,39H,10-12,14-19H2,1-2H3,(H,40,46,47)/t22-,23+,27?/m0/s1. The molecule has 0 bridgehead atoms. The number of likely N-dealkylation sites (tertiary alicyclic amines) is 2. The average Bonchev–Trinajstić information content (AvgIpc) is 3.33. The van der Waals surface area contributed by atoms with E-state index < -0.39 is 29.7 Å². The van der Waals surface area contributed by atoms with Crippen molar-refractivity contribution >= 4 is 56.8 Å². The van der Waals surface area contributed by atoms with E-state index in [1.54, 1.807) is 25.4 Å². The van der Waals surface area contributed by atoms with E-state index in [1.165, 1.54) is 4.68 Å². The molecule has 4 fully saturated rings. The molecule has 1 unspecified atom stereocenters. The van der Waals surface area contributed by atoms with E-state index in [0.717, 1.165) is 30.0 Å². The van der Waals surface area contributed by atoms with Gasteiger partial charge in [0, 0.05) is 69.8 Å². The number of carbonyl (C=O) groups excluding carboxylic acids is 5. The molecule has 264 valence electrons. The minimum Gasteiger partial charge on any atom is -0.379 e. The maximum atomic E-state index is 13.5. The topological polar surface area (TPSA) is 157 Å². The molecule has 8 rings (SSSR count). The van der Waals surface area contributed by atoms with Crippen LogP contribution in [0.1, 0.15) is 61.8 Å². The Morgan fingerprint density at radius 3 is 2.43 bits per heavy atom. The summed E-state index contributed by atoms with van der Waals surface area (Å²) in [5.74, 6) is -1.86. The molecule has 5 aliphatic rings. The van der Waals surface area contributed by atoms with Crippen molar-refractivity contribution < 1.29 is 24.0 Å². The van der Waals surface area contributed by atoms with E-state index in [4.69, 9.17) is 0 Å². The minimum atomic E-state index is -1.01. The third-order valence-electron chi connectivity index (χ3n) is 10.9. The first kappa shape index (κ1) is 33.3. The molecule has 3 aromatic rings. The van der Waals surface area contributed by atoms with Crippen LogP contribution in [0.2, 0.25) is 0 Å². The number of likely N-dealkylation sites (N-methyl/N-ethyl adjacent to an activating group) is 1. The van der Waals surface area contributed by atoms with Crippen LogP contribution in [-0.4, -0.2) is 112 Å². The van der Waals surface area contributed by atoms with E-state index in [-0.39, 0.29) is 52.8 Å². The van der Waals surface area contributed by atoms with Crippen LogP contribution in [0.25, 0.3) is 0 Å². The van der Waals surface area contributed by atoms with Crippen molar-refractivity contribution in [3.05, 3.63) is 85.7 Å². The van der Waals surface area contributed by atoms with E-state index in [9.17, 15) is 28.8 Å². The van der Waals surface area contributed by atoms with Gasteiger partial charge >= 0.3 is 0 Å². The number of benzene rings is 2. The first-order valence-electron chi connectivity index (χ1n) is 17.1. The van der Waals surface area contributed by atoms with E-state index in [0.29, 0.717) is 47.6 Å². The molecule has 0 aliphatic carbocycles. The number of fused-ring (bicyclic) bond motifs is 1.